The van der Waals surface area contributed by atoms with Crippen LogP contribution in [-0.4, -0.2) is 19.7 Å². The van der Waals surface area contributed by atoms with E-state index in [-0.39, 0.29) is 0 Å². The SMILES string of the molecule is Cc1cccc(Nc2nn(Cc3ccccc3)c3ncnc(Nc4cccc(Cl)c4)c23)c1. The summed E-state index contributed by atoms with van der Waals surface area (Å²) in [5, 5.41) is 13.2. The van der Waals surface area contributed by atoms with E-state index in [0.29, 0.717) is 23.2 Å². The Hall–Kier alpha value is -3.90. The van der Waals surface area contributed by atoms with Crippen molar-refractivity contribution in [1.82, 2.24) is 19.7 Å². The maximum absolute atomic E-state index is 6.18. The molecule has 0 saturated heterocycles. The van der Waals surface area contributed by atoms with Crippen molar-refractivity contribution in [1.29, 1.82) is 0 Å². The molecule has 5 aromatic rings. The fourth-order valence-corrected chi connectivity index (χ4v) is 3.81. The highest BCUT2D eigenvalue weighted by molar-refractivity contribution is 6.30. The van der Waals surface area contributed by atoms with E-state index in [9.17, 15) is 0 Å². The third-order valence-electron chi connectivity index (χ3n) is 5.07. The molecule has 0 aliphatic heterocycles. The summed E-state index contributed by atoms with van der Waals surface area (Å²) < 4.78 is 1.90. The molecule has 158 valence electrons. The van der Waals surface area contributed by atoms with Crippen LogP contribution in [-0.2, 0) is 6.54 Å². The molecule has 2 heterocycles. The number of nitrogens with one attached hydrogen (secondary N) is 2. The van der Waals surface area contributed by atoms with Crippen molar-refractivity contribution in [3.63, 3.8) is 0 Å². The summed E-state index contributed by atoms with van der Waals surface area (Å²) in [5.74, 6) is 1.35. The van der Waals surface area contributed by atoms with Gasteiger partial charge in [-0.25, -0.2) is 14.6 Å². The average molecular weight is 441 g/mol. The summed E-state index contributed by atoms with van der Waals surface area (Å²) in [6, 6.07) is 25.9. The number of rotatable bonds is 6. The second-order valence-corrected chi connectivity index (χ2v) is 7.98. The monoisotopic (exact) mass is 440 g/mol. The minimum Gasteiger partial charge on any atom is -0.339 e. The lowest BCUT2D eigenvalue weighted by Gasteiger charge is -2.09. The van der Waals surface area contributed by atoms with Crippen LogP contribution in [0.25, 0.3) is 11.0 Å². The van der Waals surface area contributed by atoms with Crippen LogP contribution in [0, 0.1) is 6.92 Å². The number of anilines is 4. The van der Waals surface area contributed by atoms with Crippen molar-refractivity contribution in [2.24, 2.45) is 0 Å². The summed E-state index contributed by atoms with van der Waals surface area (Å²) in [4.78, 5) is 9.07. The molecule has 5 rings (SSSR count). The minimum absolute atomic E-state index is 0.598. The lowest BCUT2D eigenvalue weighted by Crippen LogP contribution is -2.03. The molecule has 0 unspecified atom stereocenters. The predicted molar refractivity (Wildman–Crippen MR) is 130 cm³/mol. The minimum atomic E-state index is 0.598. The van der Waals surface area contributed by atoms with E-state index in [1.165, 1.54) is 0 Å². The lowest BCUT2D eigenvalue weighted by molar-refractivity contribution is 0.707. The second kappa shape index (κ2) is 8.69. The highest BCUT2D eigenvalue weighted by Gasteiger charge is 2.18. The summed E-state index contributed by atoms with van der Waals surface area (Å²) >= 11 is 6.18. The Morgan fingerprint density at radius 2 is 1.56 bits per heavy atom. The van der Waals surface area contributed by atoms with Gasteiger partial charge in [-0.3, -0.25) is 0 Å². The van der Waals surface area contributed by atoms with E-state index >= 15 is 0 Å². The Labute approximate surface area is 190 Å². The molecular formula is C25H21ClN6. The van der Waals surface area contributed by atoms with Crippen LogP contribution in [0.4, 0.5) is 23.0 Å². The van der Waals surface area contributed by atoms with Gasteiger partial charge in [0.1, 0.15) is 17.5 Å². The van der Waals surface area contributed by atoms with Crippen molar-refractivity contribution < 1.29 is 0 Å². The first kappa shape index (κ1) is 20.0. The number of hydrogen-bond acceptors (Lipinski definition) is 5. The zero-order valence-corrected chi connectivity index (χ0v) is 18.2. The van der Waals surface area contributed by atoms with Gasteiger partial charge < -0.3 is 10.6 Å². The van der Waals surface area contributed by atoms with Gasteiger partial charge in [-0.05, 0) is 48.4 Å². The van der Waals surface area contributed by atoms with Gasteiger partial charge in [0.2, 0.25) is 0 Å². The van der Waals surface area contributed by atoms with Gasteiger partial charge in [-0.1, -0.05) is 60.1 Å². The number of hydrogen-bond donors (Lipinski definition) is 2. The normalized spacial score (nSPS) is 10.9. The Morgan fingerprint density at radius 1 is 0.812 bits per heavy atom. The summed E-state index contributed by atoms with van der Waals surface area (Å²) in [7, 11) is 0. The van der Waals surface area contributed by atoms with Crippen molar-refractivity contribution in [3.8, 4) is 0 Å². The Kier molecular flexibility index (Phi) is 5.44. The molecule has 0 radical (unpaired) electrons. The third kappa shape index (κ3) is 4.26. The fourth-order valence-electron chi connectivity index (χ4n) is 3.62. The lowest BCUT2D eigenvalue weighted by atomic mass is 10.2. The van der Waals surface area contributed by atoms with Gasteiger partial charge in [0.15, 0.2) is 11.5 Å². The Bertz CT molecular complexity index is 1380. The van der Waals surface area contributed by atoms with Gasteiger partial charge in [0, 0.05) is 16.4 Å². The largest absolute Gasteiger partial charge is 0.339 e. The number of fused-ring (bicyclic) bond motifs is 1. The van der Waals surface area contributed by atoms with Gasteiger partial charge >= 0.3 is 0 Å². The quantitative estimate of drug-likeness (QED) is 0.323. The Morgan fingerprint density at radius 3 is 2.34 bits per heavy atom. The van der Waals surface area contributed by atoms with Crippen molar-refractivity contribution in [3.05, 3.63) is 101 Å². The highest BCUT2D eigenvalue weighted by atomic mass is 35.5. The number of nitrogens with zero attached hydrogens (tertiary/aromatic N) is 4. The van der Waals surface area contributed by atoms with Crippen LogP contribution in [0.3, 0.4) is 0 Å². The number of benzene rings is 3. The number of aryl methyl sites for hydroxylation is 1. The summed E-state index contributed by atoms with van der Waals surface area (Å²) in [6.45, 7) is 2.66. The molecule has 0 aliphatic rings. The van der Waals surface area contributed by atoms with Crippen LogP contribution in [0.15, 0.2) is 85.2 Å². The van der Waals surface area contributed by atoms with Crippen molar-refractivity contribution in [2.75, 3.05) is 10.6 Å². The molecule has 0 atom stereocenters. The highest BCUT2D eigenvalue weighted by Crippen LogP contribution is 2.32. The van der Waals surface area contributed by atoms with Gasteiger partial charge in [-0.15, -0.1) is 0 Å². The Balaban J connectivity index is 1.62. The number of aromatic nitrogens is 4. The zero-order chi connectivity index (χ0) is 21.9. The maximum atomic E-state index is 6.18. The van der Waals surface area contributed by atoms with Crippen molar-refractivity contribution in [2.45, 2.75) is 13.5 Å². The molecule has 0 saturated carbocycles. The van der Waals surface area contributed by atoms with Gasteiger partial charge in [0.05, 0.1) is 6.54 Å². The van der Waals surface area contributed by atoms with Crippen LogP contribution in [0.1, 0.15) is 11.1 Å². The average Bonchev–Trinajstić information content (AvgIpc) is 3.12. The van der Waals surface area contributed by atoms with Crippen LogP contribution in [0.2, 0.25) is 5.02 Å². The molecule has 32 heavy (non-hydrogen) atoms. The molecule has 2 N–H and O–H groups in total. The number of halogens is 1. The zero-order valence-electron chi connectivity index (χ0n) is 17.5. The molecule has 2 aromatic heterocycles. The van der Waals surface area contributed by atoms with Crippen LogP contribution in [0.5, 0.6) is 0 Å². The molecule has 3 aromatic carbocycles. The first-order valence-corrected chi connectivity index (χ1v) is 10.7. The molecule has 0 fully saturated rings. The third-order valence-corrected chi connectivity index (χ3v) is 5.31. The van der Waals surface area contributed by atoms with E-state index in [2.05, 4.69) is 51.8 Å². The molecule has 0 aliphatic carbocycles. The van der Waals surface area contributed by atoms with E-state index in [1.54, 1.807) is 6.33 Å². The molecule has 7 heteroatoms. The van der Waals surface area contributed by atoms with Crippen molar-refractivity contribution >= 4 is 45.6 Å². The maximum Gasteiger partial charge on any atom is 0.165 e. The van der Waals surface area contributed by atoms with Gasteiger partial charge in [-0.2, -0.15) is 5.10 Å². The smallest absolute Gasteiger partial charge is 0.165 e. The second-order valence-electron chi connectivity index (χ2n) is 7.54. The van der Waals surface area contributed by atoms with Crippen LogP contribution < -0.4 is 10.6 Å². The van der Waals surface area contributed by atoms with Crippen LogP contribution >= 0.6 is 11.6 Å². The molecule has 0 bridgehead atoms. The summed E-state index contributed by atoms with van der Waals surface area (Å²) in [5.41, 5.74) is 4.84. The molecular weight excluding hydrogens is 420 g/mol. The summed E-state index contributed by atoms with van der Waals surface area (Å²) in [6.07, 6.45) is 1.55. The first-order valence-electron chi connectivity index (χ1n) is 10.3. The van der Waals surface area contributed by atoms with E-state index in [0.717, 1.165) is 33.5 Å². The fraction of sp³-hybridized carbons (Fsp3) is 0.0800. The topological polar surface area (TPSA) is 67.7 Å². The first-order chi connectivity index (χ1) is 15.7. The van der Waals surface area contributed by atoms with E-state index < -0.39 is 0 Å². The predicted octanol–water partition coefficient (Wildman–Crippen LogP) is 6.32. The van der Waals surface area contributed by atoms with E-state index in [1.807, 2.05) is 59.3 Å². The van der Waals surface area contributed by atoms with E-state index in [4.69, 9.17) is 16.7 Å². The standard InChI is InChI=1S/C25H21ClN6/c1-17-7-5-11-20(13-17)30-24-22-23(29-21-12-6-10-19(26)14-21)27-16-28-25(22)32(31-24)15-18-8-3-2-4-9-18/h2-14,16H,15H2,1H3,(H,30,31)(H,27,28,29). The van der Waals surface area contributed by atoms with Gasteiger partial charge in [0.25, 0.3) is 0 Å². The molecule has 0 spiro atoms. The molecule has 6 nitrogen and oxygen atoms in total. The molecule has 0 amide bonds.